The van der Waals surface area contributed by atoms with Crippen LogP contribution in [-0.2, 0) is 16.1 Å². The first-order chi connectivity index (χ1) is 10.0. The number of anilines is 1. The van der Waals surface area contributed by atoms with Gasteiger partial charge in [-0.15, -0.1) is 0 Å². The molecule has 1 amide bonds. The zero-order chi connectivity index (χ0) is 15.2. The zero-order valence-corrected chi connectivity index (χ0v) is 11.9. The Balaban J connectivity index is 1.90. The van der Waals surface area contributed by atoms with Gasteiger partial charge in [-0.25, -0.2) is 0 Å². The lowest BCUT2D eigenvalue weighted by Gasteiger charge is -2.03. The number of benzene rings is 1. The molecule has 21 heavy (non-hydrogen) atoms. The van der Waals surface area contributed by atoms with Crippen LogP contribution < -0.4 is 5.32 Å². The van der Waals surface area contributed by atoms with Crippen LogP contribution in [0.5, 0.6) is 0 Å². The summed E-state index contributed by atoms with van der Waals surface area (Å²) in [5.41, 5.74) is 1.03. The minimum Gasteiger partial charge on any atom is -0.481 e. The Hall–Kier alpha value is -2.34. The number of nitrogens with zero attached hydrogens (tertiary/aromatic N) is 2. The molecule has 7 heteroatoms. The minimum atomic E-state index is -1.00. The molecule has 0 unspecified atom stereocenters. The SMILES string of the molecule is O=C(O)CCC(=O)Nc1ccn(Cc2ccc(Cl)cc2)n1. The van der Waals surface area contributed by atoms with Crippen LogP contribution in [0.15, 0.2) is 36.5 Å². The van der Waals surface area contributed by atoms with E-state index in [1.54, 1.807) is 29.1 Å². The third-order valence-electron chi connectivity index (χ3n) is 2.73. The standard InChI is InChI=1S/C14H14ClN3O3/c15-11-3-1-10(2-4-11)9-18-8-7-12(17-18)16-13(19)5-6-14(20)21/h1-4,7-8H,5-6,9H2,(H,20,21)(H,16,17,19). The Kier molecular flexibility index (Phi) is 4.94. The molecule has 0 radical (unpaired) electrons. The average molecular weight is 308 g/mol. The van der Waals surface area contributed by atoms with Crippen molar-refractivity contribution in [3.8, 4) is 0 Å². The van der Waals surface area contributed by atoms with E-state index in [4.69, 9.17) is 16.7 Å². The highest BCUT2D eigenvalue weighted by molar-refractivity contribution is 6.30. The molecule has 6 nitrogen and oxygen atoms in total. The second-order valence-electron chi connectivity index (χ2n) is 4.47. The van der Waals surface area contributed by atoms with Crippen molar-refractivity contribution < 1.29 is 14.7 Å². The number of carboxylic acids is 1. The van der Waals surface area contributed by atoms with Gasteiger partial charge >= 0.3 is 5.97 Å². The molecule has 0 bridgehead atoms. The smallest absolute Gasteiger partial charge is 0.303 e. The van der Waals surface area contributed by atoms with Crippen molar-refractivity contribution in [2.24, 2.45) is 0 Å². The van der Waals surface area contributed by atoms with E-state index in [2.05, 4.69) is 10.4 Å². The second-order valence-corrected chi connectivity index (χ2v) is 4.90. The maximum Gasteiger partial charge on any atom is 0.303 e. The molecule has 0 saturated carbocycles. The minimum absolute atomic E-state index is 0.0701. The maximum absolute atomic E-state index is 11.5. The summed E-state index contributed by atoms with van der Waals surface area (Å²) in [5.74, 6) is -0.966. The summed E-state index contributed by atoms with van der Waals surface area (Å²) < 4.78 is 1.68. The van der Waals surface area contributed by atoms with E-state index in [1.807, 2.05) is 12.1 Å². The van der Waals surface area contributed by atoms with E-state index >= 15 is 0 Å². The molecule has 0 aliphatic heterocycles. The highest BCUT2D eigenvalue weighted by atomic mass is 35.5. The molecule has 0 atom stereocenters. The number of carboxylic acid groups (broad SMARTS) is 1. The van der Waals surface area contributed by atoms with Crippen molar-refractivity contribution >= 4 is 29.3 Å². The summed E-state index contributed by atoms with van der Waals surface area (Å²) in [7, 11) is 0. The van der Waals surface area contributed by atoms with E-state index in [1.165, 1.54) is 0 Å². The first-order valence-electron chi connectivity index (χ1n) is 6.32. The molecule has 0 fully saturated rings. The number of rotatable bonds is 6. The van der Waals surface area contributed by atoms with E-state index in [0.717, 1.165) is 5.56 Å². The molecule has 1 aromatic heterocycles. The summed E-state index contributed by atoms with van der Waals surface area (Å²) >= 11 is 5.82. The number of amides is 1. The van der Waals surface area contributed by atoms with E-state index in [0.29, 0.717) is 17.4 Å². The number of aromatic nitrogens is 2. The second kappa shape index (κ2) is 6.90. The van der Waals surface area contributed by atoms with Crippen LogP contribution in [-0.4, -0.2) is 26.8 Å². The van der Waals surface area contributed by atoms with Gasteiger partial charge in [0.2, 0.25) is 5.91 Å². The van der Waals surface area contributed by atoms with Crippen LogP contribution in [0.25, 0.3) is 0 Å². The lowest BCUT2D eigenvalue weighted by Crippen LogP contribution is -2.14. The molecule has 0 spiro atoms. The largest absolute Gasteiger partial charge is 0.481 e. The van der Waals surface area contributed by atoms with Crippen LogP contribution in [0.3, 0.4) is 0 Å². The van der Waals surface area contributed by atoms with Gasteiger partial charge in [0.15, 0.2) is 5.82 Å². The molecule has 2 N–H and O–H groups in total. The molecule has 2 rings (SSSR count). The maximum atomic E-state index is 11.5. The van der Waals surface area contributed by atoms with Gasteiger partial charge in [-0.2, -0.15) is 5.10 Å². The zero-order valence-electron chi connectivity index (χ0n) is 11.1. The van der Waals surface area contributed by atoms with Gasteiger partial charge in [0, 0.05) is 23.7 Å². The van der Waals surface area contributed by atoms with Crippen LogP contribution in [0, 0.1) is 0 Å². The highest BCUT2D eigenvalue weighted by Crippen LogP contribution is 2.11. The lowest BCUT2D eigenvalue weighted by atomic mass is 10.2. The van der Waals surface area contributed by atoms with Gasteiger partial charge in [0.05, 0.1) is 13.0 Å². The molecule has 2 aromatic rings. The quantitative estimate of drug-likeness (QED) is 0.858. The van der Waals surface area contributed by atoms with Crippen LogP contribution in [0.4, 0.5) is 5.82 Å². The third kappa shape index (κ3) is 4.92. The van der Waals surface area contributed by atoms with Crippen LogP contribution in [0.2, 0.25) is 5.02 Å². The van der Waals surface area contributed by atoms with E-state index < -0.39 is 5.97 Å². The normalized spacial score (nSPS) is 10.3. The Labute approximate surface area is 126 Å². The molecule has 0 aliphatic rings. The first kappa shape index (κ1) is 15.1. The molecule has 0 aliphatic carbocycles. The summed E-state index contributed by atoms with van der Waals surface area (Å²) in [6, 6.07) is 9.06. The Morgan fingerprint density at radius 3 is 2.57 bits per heavy atom. The van der Waals surface area contributed by atoms with Crippen molar-refractivity contribution in [2.75, 3.05) is 5.32 Å². The van der Waals surface area contributed by atoms with Crippen molar-refractivity contribution in [1.29, 1.82) is 0 Å². The highest BCUT2D eigenvalue weighted by Gasteiger charge is 2.07. The number of nitrogens with one attached hydrogen (secondary N) is 1. The van der Waals surface area contributed by atoms with Crippen molar-refractivity contribution in [1.82, 2.24) is 9.78 Å². The predicted octanol–water partition coefficient (Wildman–Crippen LogP) is 2.39. The van der Waals surface area contributed by atoms with Gasteiger partial charge in [0.1, 0.15) is 0 Å². The van der Waals surface area contributed by atoms with E-state index in [9.17, 15) is 9.59 Å². The summed E-state index contributed by atoms with van der Waals surface area (Å²) in [6.07, 6.45) is 1.47. The number of carbonyl (C=O) groups is 2. The molecular formula is C14H14ClN3O3. The van der Waals surface area contributed by atoms with Crippen molar-refractivity contribution in [3.63, 3.8) is 0 Å². The average Bonchev–Trinajstić information content (AvgIpc) is 2.86. The predicted molar refractivity (Wildman–Crippen MR) is 78.3 cm³/mol. The van der Waals surface area contributed by atoms with Crippen molar-refractivity contribution in [3.05, 3.63) is 47.1 Å². The Bertz CT molecular complexity index is 637. The van der Waals surface area contributed by atoms with Gasteiger partial charge in [-0.05, 0) is 17.7 Å². The number of halogens is 1. The fourth-order valence-corrected chi connectivity index (χ4v) is 1.85. The number of carbonyl (C=O) groups excluding carboxylic acids is 1. The fraction of sp³-hybridized carbons (Fsp3) is 0.214. The van der Waals surface area contributed by atoms with Gasteiger partial charge in [-0.1, -0.05) is 23.7 Å². The molecule has 110 valence electrons. The topological polar surface area (TPSA) is 84.2 Å². The molecular weight excluding hydrogens is 294 g/mol. The van der Waals surface area contributed by atoms with E-state index in [-0.39, 0.29) is 18.7 Å². The fourth-order valence-electron chi connectivity index (χ4n) is 1.72. The Morgan fingerprint density at radius 2 is 1.90 bits per heavy atom. The van der Waals surface area contributed by atoms with Crippen LogP contribution >= 0.6 is 11.6 Å². The van der Waals surface area contributed by atoms with Gasteiger partial charge < -0.3 is 10.4 Å². The Morgan fingerprint density at radius 1 is 1.19 bits per heavy atom. The molecule has 1 heterocycles. The number of aliphatic carboxylic acids is 1. The van der Waals surface area contributed by atoms with Gasteiger partial charge in [0.25, 0.3) is 0 Å². The number of hydrogen-bond donors (Lipinski definition) is 2. The summed E-state index contributed by atoms with van der Waals surface area (Å²) in [4.78, 5) is 21.9. The number of hydrogen-bond acceptors (Lipinski definition) is 3. The molecule has 1 aromatic carbocycles. The first-order valence-corrected chi connectivity index (χ1v) is 6.70. The third-order valence-corrected chi connectivity index (χ3v) is 2.98. The van der Waals surface area contributed by atoms with Crippen molar-refractivity contribution in [2.45, 2.75) is 19.4 Å². The monoisotopic (exact) mass is 307 g/mol. The van der Waals surface area contributed by atoms with Crippen LogP contribution in [0.1, 0.15) is 18.4 Å². The molecule has 0 saturated heterocycles. The van der Waals surface area contributed by atoms with Gasteiger partial charge in [-0.3, -0.25) is 14.3 Å². The summed E-state index contributed by atoms with van der Waals surface area (Å²) in [6.45, 7) is 0.558. The lowest BCUT2D eigenvalue weighted by molar-refractivity contribution is -0.138. The summed E-state index contributed by atoms with van der Waals surface area (Å²) in [5, 5.41) is 15.9.